The monoisotopic (exact) mass is 770 g/mol. The van der Waals surface area contributed by atoms with Crippen LogP contribution in [-0.2, 0) is 30.8 Å². The third-order valence-corrected chi connectivity index (χ3v) is 13.3. The van der Waals surface area contributed by atoms with Crippen LogP contribution in [0.4, 0.5) is 0 Å². The summed E-state index contributed by atoms with van der Waals surface area (Å²) in [6.07, 6.45) is 11.2. The van der Waals surface area contributed by atoms with Crippen LogP contribution < -0.4 is 9.46 Å². The van der Waals surface area contributed by atoms with Crippen LogP contribution in [0.25, 0.3) is 28.2 Å². The van der Waals surface area contributed by atoms with Crippen molar-refractivity contribution in [2.24, 2.45) is 16.9 Å². The number of benzene rings is 2. The quantitative estimate of drug-likeness (QED) is 0.281. The zero-order chi connectivity index (χ0) is 38.3. The van der Waals surface area contributed by atoms with Crippen molar-refractivity contribution < 1.29 is 36.9 Å². The minimum atomic E-state index is -3.83. The number of aromatic nitrogens is 1. The lowest BCUT2D eigenvalue weighted by Crippen LogP contribution is -2.47. The van der Waals surface area contributed by atoms with Crippen LogP contribution in [0.15, 0.2) is 47.1 Å². The van der Waals surface area contributed by atoms with Crippen LogP contribution in [-0.4, -0.2) is 105 Å². The molecule has 1 unspecified atom stereocenters. The molecule has 1 N–H and O–H groups in total. The summed E-state index contributed by atoms with van der Waals surface area (Å²) in [5.41, 5.74) is 7.31. The Morgan fingerprint density at radius 2 is 1.73 bits per heavy atom. The average Bonchev–Trinajstić information content (AvgIpc) is 3.72. The second kappa shape index (κ2) is 15.7. The smallest absolute Gasteiger partial charge is 0.264 e. The Bertz CT molecular complexity index is 2190. The molecule has 2 amide bonds. The largest absolute Gasteiger partial charge is 0.497 e. The van der Waals surface area contributed by atoms with Crippen LogP contribution in [0.1, 0.15) is 86.2 Å². The normalized spacial score (nSPS) is 21.1. The summed E-state index contributed by atoms with van der Waals surface area (Å²) in [4.78, 5) is 30.0. The number of hydrogen-bond acceptors (Lipinski definition) is 8. The molecule has 1 aliphatic carbocycles. The predicted octanol–water partition coefficient (Wildman–Crippen LogP) is 5.58. The summed E-state index contributed by atoms with van der Waals surface area (Å²) < 4.78 is 49.6. The Kier molecular flexibility index (Phi) is 10.7. The molecule has 5 aliphatic rings. The molecule has 12 nitrogen and oxygen atoms in total. The topological polar surface area (TPSA) is 132 Å². The van der Waals surface area contributed by atoms with Crippen molar-refractivity contribution in [2.75, 3.05) is 52.4 Å². The highest BCUT2D eigenvalue weighted by molar-refractivity contribution is 7.90. The van der Waals surface area contributed by atoms with Crippen LogP contribution in [0.3, 0.4) is 0 Å². The Morgan fingerprint density at radius 1 is 0.982 bits per heavy atom. The maximum absolute atomic E-state index is 14.4. The van der Waals surface area contributed by atoms with E-state index in [1.165, 1.54) is 12.0 Å². The van der Waals surface area contributed by atoms with E-state index >= 15 is 0 Å². The molecule has 2 aromatic carbocycles. The second-order valence-corrected chi connectivity index (χ2v) is 17.7. The Labute approximate surface area is 323 Å². The lowest BCUT2D eigenvalue weighted by Gasteiger charge is -2.28. The average molecular weight is 771 g/mol. The number of nitrogens with one attached hydrogen (secondary N) is 1. The zero-order valence-electron chi connectivity index (χ0n) is 32.1. The van der Waals surface area contributed by atoms with Gasteiger partial charge in [0.05, 0.1) is 57.7 Å². The second-order valence-electron chi connectivity index (χ2n) is 15.9. The number of ether oxygens (including phenoxy) is 3. The molecule has 1 aromatic heterocycles. The number of carbonyl (C=O) groups is 2. The SMILES string of the molecule is COc1ccc2c(c1)C=C(C1=[N+](C3CCOCC3)N=CC1C(=O)N1CCOCC1)Cn1c-2c(C2CCCCC2)c2ccc(C(=O)NS(=O)(=O)CC(C)C)cc21. The van der Waals surface area contributed by atoms with Gasteiger partial charge in [0.1, 0.15) is 5.75 Å². The number of carbonyl (C=O) groups excluding carboxylic acids is 2. The highest BCUT2D eigenvalue weighted by Gasteiger charge is 2.45. The number of hydrogen-bond donors (Lipinski definition) is 1. The van der Waals surface area contributed by atoms with E-state index in [1.807, 2.05) is 43.2 Å². The van der Waals surface area contributed by atoms with E-state index in [4.69, 9.17) is 19.3 Å². The standard InChI is InChI=1S/C42H51N5O7S/c1-27(2)26-55(50,51)44-41(48)29-9-11-35-37(23-29)46-25-31(21-30-22-33(52-3)10-12-34(30)40(46)38(35)28-7-5-4-6-8-28)39-36(42(49)45-15-19-54-20-16-45)24-43-47(39)32-13-17-53-18-14-32/h9-12,21-24,27-28,32,36H,4-8,13-20,25-26H2,1-3H3/p+1. The number of hydrazone groups is 1. The fourth-order valence-corrected chi connectivity index (χ4v) is 10.5. The van der Waals surface area contributed by atoms with Gasteiger partial charge in [0.25, 0.3) is 5.91 Å². The third-order valence-electron chi connectivity index (χ3n) is 11.7. The summed E-state index contributed by atoms with van der Waals surface area (Å²) in [5, 5.41) is 6.03. The first kappa shape index (κ1) is 37.6. The van der Waals surface area contributed by atoms with Crippen LogP contribution in [0.2, 0.25) is 0 Å². The van der Waals surface area contributed by atoms with Crippen LogP contribution in [0.5, 0.6) is 5.75 Å². The number of fused-ring (bicyclic) bond motifs is 5. The first-order valence-corrected chi connectivity index (χ1v) is 21.5. The lowest BCUT2D eigenvalue weighted by molar-refractivity contribution is -0.574. The Balaban J connectivity index is 1.33. The molecule has 2 saturated heterocycles. The number of rotatable bonds is 9. The fraction of sp³-hybridized carbons (Fsp3) is 0.524. The zero-order valence-corrected chi connectivity index (χ0v) is 32.9. The molecular weight excluding hydrogens is 719 g/mol. The van der Waals surface area contributed by atoms with Gasteiger partial charge in [-0.3, -0.25) is 9.59 Å². The molecule has 5 heterocycles. The number of methoxy groups -OCH3 is 1. The highest BCUT2D eigenvalue weighted by atomic mass is 32.2. The van der Waals surface area contributed by atoms with Gasteiger partial charge >= 0.3 is 0 Å². The van der Waals surface area contributed by atoms with Gasteiger partial charge in [-0.25, -0.2) is 13.1 Å². The highest BCUT2D eigenvalue weighted by Crippen LogP contribution is 2.47. The van der Waals surface area contributed by atoms with E-state index in [-0.39, 0.29) is 29.2 Å². The maximum atomic E-state index is 14.4. The van der Waals surface area contributed by atoms with Crippen molar-refractivity contribution in [1.82, 2.24) is 14.2 Å². The number of morpholine rings is 1. The van der Waals surface area contributed by atoms with Gasteiger partial charge in [0, 0.05) is 53.5 Å². The molecule has 55 heavy (non-hydrogen) atoms. The Hall–Kier alpha value is -4.33. The first-order valence-electron chi connectivity index (χ1n) is 19.9. The lowest BCUT2D eigenvalue weighted by atomic mass is 9.81. The molecule has 3 fully saturated rings. The fourth-order valence-electron chi connectivity index (χ4n) is 9.16. The van der Waals surface area contributed by atoms with Gasteiger partial charge in [-0.15, -0.1) is 0 Å². The number of sulfonamides is 1. The summed E-state index contributed by atoms with van der Waals surface area (Å²) >= 11 is 0. The van der Waals surface area contributed by atoms with E-state index in [0.717, 1.165) is 83.3 Å². The minimum Gasteiger partial charge on any atom is -0.497 e. The molecule has 4 aliphatic heterocycles. The minimum absolute atomic E-state index is 0.00895. The van der Waals surface area contributed by atoms with E-state index in [0.29, 0.717) is 52.0 Å². The van der Waals surface area contributed by atoms with Gasteiger partial charge in [-0.05, 0) is 77.3 Å². The van der Waals surface area contributed by atoms with Crippen molar-refractivity contribution >= 4 is 50.7 Å². The summed E-state index contributed by atoms with van der Waals surface area (Å²) in [6, 6.07) is 11.9. The molecule has 8 rings (SSSR count). The molecule has 13 heteroatoms. The van der Waals surface area contributed by atoms with Crippen molar-refractivity contribution in [3.63, 3.8) is 0 Å². The van der Waals surface area contributed by atoms with Crippen LogP contribution >= 0.6 is 0 Å². The summed E-state index contributed by atoms with van der Waals surface area (Å²) in [6.45, 7) is 7.35. The molecule has 0 spiro atoms. The van der Waals surface area contributed by atoms with E-state index < -0.39 is 21.8 Å². The van der Waals surface area contributed by atoms with Crippen molar-refractivity contribution in [3.05, 3.63) is 58.7 Å². The van der Waals surface area contributed by atoms with E-state index in [9.17, 15) is 18.0 Å². The molecular formula is C42H52N5O7S+. The van der Waals surface area contributed by atoms with E-state index in [2.05, 4.69) is 32.2 Å². The number of nitrogens with zero attached hydrogens (tertiary/aromatic N) is 4. The third kappa shape index (κ3) is 7.50. The summed E-state index contributed by atoms with van der Waals surface area (Å²) in [5.74, 6) is -0.456. The van der Waals surface area contributed by atoms with Gasteiger partial charge < -0.3 is 23.7 Å². The van der Waals surface area contributed by atoms with Crippen LogP contribution in [0, 0.1) is 11.8 Å². The summed E-state index contributed by atoms with van der Waals surface area (Å²) in [7, 11) is -2.15. The van der Waals surface area contributed by atoms with Crippen molar-refractivity contribution in [2.45, 2.75) is 77.3 Å². The number of amides is 2. The molecule has 292 valence electrons. The Morgan fingerprint density at radius 3 is 2.45 bits per heavy atom. The predicted molar refractivity (Wildman–Crippen MR) is 212 cm³/mol. The van der Waals surface area contributed by atoms with Gasteiger partial charge in [-0.2, -0.15) is 0 Å². The van der Waals surface area contributed by atoms with Gasteiger partial charge in [-0.1, -0.05) is 43.9 Å². The van der Waals surface area contributed by atoms with E-state index in [1.54, 1.807) is 13.2 Å². The molecule has 1 saturated carbocycles. The molecule has 0 radical (unpaired) electrons. The van der Waals surface area contributed by atoms with Gasteiger partial charge in [0.15, 0.2) is 12.0 Å². The van der Waals surface area contributed by atoms with Crippen molar-refractivity contribution in [1.29, 1.82) is 0 Å². The molecule has 0 bridgehead atoms. The molecule has 1 atom stereocenters. The first-order chi connectivity index (χ1) is 26.6. The van der Waals surface area contributed by atoms with Gasteiger partial charge in [0.2, 0.25) is 21.6 Å². The maximum Gasteiger partial charge on any atom is 0.264 e. The van der Waals surface area contributed by atoms with Crippen molar-refractivity contribution in [3.8, 4) is 17.0 Å². The molecule has 3 aromatic rings. The number of allylic oxidation sites excluding steroid dienone is 1.